The predicted molar refractivity (Wildman–Crippen MR) is 91.4 cm³/mol. The van der Waals surface area contributed by atoms with E-state index in [0.717, 1.165) is 5.56 Å². The molecule has 0 aliphatic carbocycles. The fraction of sp³-hybridized carbons (Fsp3) is 0.562. The fourth-order valence-corrected chi connectivity index (χ4v) is 2.52. The van der Waals surface area contributed by atoms with Crippen molar-refractivity contribution in [3.63, 3.8) is 0 Å². The minimum atomic E-state index is -0.567. The minimum Gasteiger partial charge on any atom is -0.370 e. The molecule has 0 spiro atoms. The Morgan fingerprint density at radius 1 is 1.48 bits per heavy atom. The van der Waals surface area contributed by atoms with Crippen molar-refractivity contribution in [2.75, 3.05) is 19.7 Å². The van der Waals surface area contributed by atoms with Gasteiger partial charge in [-0.3, -0.25) is 4.79 Å². The highest BCUT2D eigenvalue weighted by molar-refractivity contribution is 6.30. The molecule has 0 bridgehead atoms. The van der Waals surface area contributed by atoms with E-state index in [-0.39, 0.29) is 34.9 Å². The average molecular weight is 365 g/mol. The molecule has 1 unspecified atom stereocenters. The monoisotopic (exact) mass is 364 g/mol. The maximum atomic E-state index is 13.3. The maximum Gasteiger partial charge on any atom is 0.240 e. The maximum absolute atomic E-state index is 13.3. The molecular formula is C16H23Cl2FN2O2. The van der Waals surface area contributed by atoms with E-state index in [1.807, 2.05) is 20.8 Å². The number of carbonyl (C=O) groups excluding carboxylic acids is 1. The Kier molecular flexibility index (Phi) is 6.83. The van der Waals surface area contributed by atoms with Crippen LogP contribution in [0.3, 0.4) is 0 Å². The second-order valence-electron chi connectivity index (χ2n) is 6.66. The van der Waals surface area contributed by atoms with Gasteiger partial charge in [-0.1, -0.05) is 38.4 Å². The molecule has 1 saturated heterocycles. The Morgan fingerprint density at radius 3 is 2.70 bits per heavy atom. The smallest absolute Gasteiger partial charge is 0.240 e. The summed E-state index contributed by atoms with van der Waals surface area (Å²) in [5.41, 5.74) is 6.51. The van der Waals surface area contributed by atoms with Crippen LogP contribution in [0.15, 0.2) is 18.2 Å². The molecule has 2 atom stereocenters. The molecule has 1 fully saturated rings. The van der Waals surface area contributed by atoms with Gasteiger partial charge >= 0.3 is 0 Å². The van der Waals surface area contributed by atoms with E-state index in [0.29, 0.717) is 19.7 Å². The molecule has 130 valence electrons. The number of benzene rings is 1. The van der Waals surface area contributed by atoms with E-state index >= 15 is 0 Å². The molecule has 1 aliphatic heterocycles. The van der Waals surface area contributed by atoms with Crippen molar-refractivity contribution in [1.29, 1.82) is 0 Å². The van der Waals surface area contributed by atoms with Crippen molar-refractivity contribution in [2.45, 2.75) is 32.9 Å². The van der Waals surface area contributed by atoms with Gasteiger partial charge in [0.1, 0.15) is 11.9 Å². The zero-order chi connectivity index (χ0) is 16.5. The van der Waals surface area contributed by atoms with Crippen LogP contribution in [0.1, 0.15) is 32.4 Å². The van der Waals surface area contributed by atoms with E-state index in [1.165, 1.54) is 6.07 Å². The number of carbonyl (C=O) groups is 1. The van der Waals surface area contributed by atoms with Gasteiger partial charge in [-0.2, -0.15) is 0 Å². The van der Waals surface area contributed by atoms with Gasteiger partial charge in [-0.05, 0) is 23.1 Å². The van der Waals surface area contributed by atoms with Crippen LogP contribution in [0.5, 0.6) is 0 Å². The first-order valence-corrected chi connectivity index (χ1v) is 7.69. The number of morpholine rings is 1. The lowest BCUT2D eigenvalue weighted by molar-refractivity contribution is -0.142. The van der Waals surface area contributed by atoms with Crippen LogP contribution in [-0.2, 0) is 9.53 Å². The molecule has 1 aromatic carbocycles. The second kappa shape index (κ2) is 7.79. The van der Waals surface area contributed by atoms with Crippen LogP contribution < -0.4 is 5.73 Å². The van der Waals surface area contributed by atoms with E-state index in [4.69, 9.17) is 22.1 Å². The molecule has 0 saturated carbocycles. The molecule has 2 rings (SSSR count). The number of nitrogens with two attached hydrogens (primary N) is 1. The standard InChI is InChI=1S/C16H22ClFN2O2.ClH/c1-16(2,3)14(19)15(21)20-6-7-22-13(9-20)10-4-5-12(18)11(17)8-10;/h4-5,8,13-14H,6-7,9,19H2,1-3H3;1H/t13?,14-;/m1./s1. The summed E-state index contributed by atoms with van der Waals surface area (Å²) in [5.74, 6) is -0.557. The van der Waals surface area contributed by atoms with Gasteiger partial charge in [0.05, 0.1) is 24.2 Å². The molecule has 0 radical (unpaired) electrons. The van der Waals surface area contributed by atoms with Crippen molar-refractivity contribution >= 4 is 29.9 Å². The van der Waals surface area contributed by atoms with Crippen molar-refractivity contribution in [3.8, 4) is 0 Å². The van der Waals surface area contributed by atoms with Crippen molar-refractivity contribution < 1.29 is 13.9 Å². The molecule has 1 amide bonds. The molecule has 4 nitrogen and oxygen atoms in total. The summed E-state index contributed by atoms with van der Waals surface area (Å²) in [4.78, 5) is 14.2. The quantitative estimate of drug-likeness (QED) is 0.876. The van der Waals surface area contributed by atoms with Gasteiger partial charge in [-0.25, -0.2) is 4.39 Å². The Balaban J connectivity index is 0.00000264. The highest BCUT2D eigenvalue weighted by Gasteiger charge is 2.34. The third-order valence-corrected chi connectivity index (χ3v) is 4.18. The summed E-state index contributed by atoms with van der Waals surface area (Å²) in [7, 11) is 0. The van der Waals surface area contributed by atoms with Gasteiger partial charge in [0, 0.05) is 6.54 Å². The number of ether oxygens (including phenoxy) is 1. The third-order valence-electron chi connectivity index (χ3n) is 3.89. The molecule has 1 heterocycles. The lowest BCUT2D eigenvalue weighted by atomic mass is 9.86. The summed E-state index contributed by atoms with van der Waals surface area (Å²) in [6.45, 7) is 7.13. The molecular weight excluding hydrogens is 342 g/mol. The number of nitrogens with zero attached hydrogens (tertiary/aromatic N) is 1. The van der Waals surface area contributed by atoms with Crippen LogP contribution >= 0.6 is 24.0 Å². The fourth-order valence-electron chi connectivity index (χ4n) is 2.33. The Bertz CT molecular complexity index is 564. The minimum absolute atomic E-state index is 0. The molecule has 1 aromatic rings. The van der Waals surface area contributed by atoms with Crippen LogP contribution in [0.2, 0.25) is 5.02 Å². The Labute approximate surface area is 147 Å². The number of amides is 1. The third kappa shape index (κ3) is 4.80. The van der Waals surface area contributed by atoms with Crippen LogP contribution in [-0.4, -0.2) is 36.5 Å². The normalized spacial score (nSPS) is 19.9. The number of halogens is 3. The number of hydrogen-bond acceptors (Lipinski definition) is 3. The average Bonchev–Trinajstić information content (AvgIpc) is 2.47. The van der Waals surface area contributed by atoms with Crippen LogP contribution in [0.25, 0.3) is 0 Å². The summed E-state index contributed by atoms with van der Waals surface area (Å²) in [5, 5.41) is 0.0518. The first-order valence-electron chi connectivity index (χ1n) is 7.31. The first kappa shape index (κ1) is 20.2. The van der Waals surface area contributed by atoms with Crippen LogP contribution in [0.4, 0.5) is 4.39 Å². The SMILES string of the molecule is CC(C)(C)[C@H](N)C(=O)N1CCOC(c2ccc(F)c(Cl)c2)C1.Cl. The van der Waals surface area contributed by atoms with Gasteiger partial charge in [0.25, 0.3) is 0 Å². The molecule has 7 heteroatoms. The molecule has 0 aromatic heterocycles. The largest absolute Gasteiger partial charge is 0.370 e. The Morgan fingerprint density at radius 2 is 2.13 bits per heavy atom. The number of hydrogen-bond donors (Lipinski definition) is 1. The van der Waals surface area contributed by atoms with Crippen molar-refractivity contribution in [1.82, 2.24) is 4.90 Å². The van der Waals surface area contributed by atoms with E-state index in [1.54, 1.807) is 17.0 Å². The first-order chi connectivity index (χ1) is 10.2. The zero-order valence-electron chi connectivity index (χ0n) is 13.5. The van der Waals surface area contributed by atoms with E-state index in [2.05, 4.69) is 0 Å². The van der Waals surface area contributed by atoms with Gasteiger partial charge < -0.3 is 15.4 Å². The highest BCUT2D eigenvalue weighted by atomic mass is 35.5. The van der Waals surface area contributed by atoms with Crippen LogP contribution in [0, 0.1) is 11.2 Å². The second-order valence-corrected chi connectivity index (χ2v) is 7.07. The Hall–Kier alpha value is -0.880. The van der Waals surface area contributed by atoms with Gasteiger partial charge in [0.15, 0.2) is 0 Å². The van der Waals surface area contributed by atoms with E-state index < -0.39 is 11.9 Å². The summed E-state index contributed by atoms with van der Waals surface area (Å²) in [6.07, 6.45) is -0.317. The summed E-state index contributed by atoms with van der Waals surface area (Å²) in [6, 6.07) is 3.91. The van der Waals surface area contributed by atoms with Crippen molar-refractivity contribution in [3.05, 3.63) is 34.6 Å². The topological polar surface area (TPSA) is 55.6 Å². The molecule has 1 aliphatic rings. The molecule has 23 heavy (non-hydrogen) atoms. The summed E-state index contributed by atoms with van der Waals surface area (Å²) >= 11 is 5.81. The van der Waals surface area contributed by atoms with Gasteiger partial charge in [0.2, 0.25) is 5.91 Å². The van der Waals surface area contributed by atoms with E-state index in [9.17, 15) is 9.18 Å². The lowest BCUT2D eigenvalue weighted by Crippen LogP contribution is -2.53. The molecule has 2 N–H and O–H groups in total. The zero-order valence-corrected chi connectivity index (χ0v) is 15.1. The lowest BCUT2D eigenvalue weighted by Gasteiger charge is -2.37. The van der Waals surface area contributed by atoms with Gasteiger partial charge in [-0.15, -0.1) is 12.4 Å². The predicted octanol–water partition coefficient (Wildman–Crippen LogP) is 3.17. The number of rotatable bonds is 2. The van der Waals surface area contributed by atoms with Crippen molar-refractivity contribution in [2.24, 2.45) is 11.1 Å². The highest BCUT2D eigenvalue weighted by Crippen LogP contribution is 2.27. The summed E-state index contributed by atoms with van der Waals surface area (Å²) < 4.78 is 18.9.